The molecule has 0 unspecified atom stereocenters. The third-order valence-corrected chi connectivity index (χ3v) is 6.12. The average molecular weight is 379 g/mol. The highest BCUT2D eigenvalue weighted by Crippen LogP contribution is 2.39. The zero-order valence-corrected chi connectivity index (χ0v) is 16.3. The third-order valence-electron chi connectivity index (χ3n) is 5.10. The molecule has 4 nitrogen and oxygen atoms in total. The van der Waals surface area contributed by atoms with Crippen molar-refractivity contribution in [1.29, 1.82) is 0 Å². The molecule has 140 valence electrons. The van der Waals surface area contributed by atoms with E-state index < -0.39 is 0 Å². The Morgan fingerprint density at radius 2 is 1.78 bits per heavy atom. The lowest BCUT2D eigenvalue weighted by Crippen LogP contribution is -2.42. The highest BCUT2D eigenvalue weighted by Gasteiger charge is 2.19. The second kappa shape index (κ2) is 8.13. The van der Waals surface area contributed by atoms with E-state index in [1.54, 1.807) is 0 Å². The Labute approximate surface area is 164 Å². The summed E-state index contributed by atoms with van der Waals surface area (Å²) in [4.78, 5) is 3.89. The fourth-order valence-corrected chi connectivity index (χ4v) is 4.79. The van der Waals surface area contributed by atoms with Crippen molar-refractivity contribution in [2.24, 2.45) is 0 Å². The van der Waals surface area contributed by atoms with Gasteiger partial charge in [-0.25, -0.2) is 0 Å². The summed E-state index contributed by atoms with van der Waals surface area (Å²) in [5, 5.41) is 5.72. The Bertz CT molecular complexity index is 898. The minimum absolute atomic E-state index is 0.754. The summed E-state index contributed by atoms with van der Waals surface area (Å²) >= 11 is 1.84. The van der Waals surface area contributed by atoms with Gasteiger partial charge in [-0.05, 0) is 41.1 Å². The minimum atomic E-state index is 0.754. The van der Waals surface area contributed by atoms with E-state index in [4.69, 9.17) is 11.5 Å². The van der Waals surface area contributed by atoms with E-state index in [0.29, 0.717) is 0 Å². The molecule has 0 spiro atoms. The first-order valence-corrected chi connectivity index (χ1v) is 10.3. The van der Waals surface area contributed by atoms with Crippen LogP contribution in [0.5, 0.6) is 0 Å². The van der Waals surface area contributed by atoms with Crippen LogP contribution in [0.15, 0.2) is 53.9 Å². The summed E-state index contributed by atoms with van der Waals surface area (Å²) in [6.07, 6.45) is 0.905. The fourth-order valence-electron chi connectivity index (χ4n) is 3.69. The summed E-state index contributed by atoms with van der Waals surface area (Å²) in [5.41, 5.74) is 19.0. The number of nitrogens with zero attached hydrogens (tertiary/aromatic N) is 1. The smallest absolute Gasteiger partial charge is 0.0395 e. The molecule has 0 radical (unpaired) electrons. The molecule has 2 heterocycles. The number of thiophene rings is 1. The first-order valence-electron chi connectivity index (χ1n) is 9.42. The number of hydrogen-bond acceptors (Lipinski definition) is 5. The normalized spacial score (nSPS) is 15.1. The fraction of sp³-hybridized carbons (Fsp3) is 0.273. The van der Waals surface area contributed by atoms with Crippen LogP contribution in [0.1, 0.15) is 16.0 Å². The third kappa shape index (κ3) is 4.16. The van der Waals surface area contributed by atoms with Gasteiger partial charge in [0.2, 0.25) is 0 Å². The van der Waals surface area contributed by atoms with Crippen molar-refractivity contribution < 1.29 is 0 Å². The topological polar surface area (TPSA) is 67.3 Å². The minimum Gasteiger partial charge on any atom is -0.399 e. The second-order valence-corrected chi connectivity index (χ2v) is 8.06. The molecule has 3 aromatic rings. The van der Waals surface area contributed by atoms with Crippen molar-refractivity contribution in [2.45, 2.75) is 13.0 Å². The molecule has 1 saturated heterocycles. The number of hydrogen-bond donors (Lipinski definition) is 3. The van der Waals surface area contributed by atoms with Crippen molar-refractivity contribution in [1.82, 2.24) is 10.2 Å². The average Bonchev–Trinajstić information content (AvgIpc) is 3.07. The van der Waals surface area contributed by atoms with Crippen LogP contribution >= 0.6 is 11.3 Å². The van der Waals surface area contributed by atoms with E-state index >= 15 is 0 Å². The van der Waals surface area contributed by atoms with Crippen LogP contribution in [0, 0.1) is 0 Å². The van der Waals surface area contributed by atoms with Crippen LogP contribution in [-0.2, 0) is 13.0 Å². The van der Waals surface area contributed by atoms with Gasteiger partial charge >= 0.3 is 0 Å². The molecule has 0 bridgehead atoms. The standard InChI is InChI=1S/C22H26N4S/c23-18-6-7-20(24)19(13-18)22-17(12-16-4-2-1-3-5-16)15-27-21(22)14-26-10-8-25-9-11-26/h1-7,13,15,25H,8-12,14,23-24H2. The number of benzene rings is 2. The number of nitrogens with one attached hydrogen (secondary N) is 1. The molecule has 27 heavy (non-hydrogen) atoms. The van der Waals surface area contributed by atoms with Crippen molar-refractivity contribution >= 4 is 22.7 Å². The van der Waals surface area contributed by atoms with Crippen LogP contribution < -0.4 is 16.8 Å². The van der Waals surface area contributed by atoms with Gasteiger partial charge in [-0.1, -0.05) is 30.3 Å². The number of nitrogens with two attached hydrogens (primary N) is 2. The van der Waals surface area contributed by atoms with Crippen LogP contribution in [0.25, 0.3) is 11.1 Å². The molecule has 1 fully saturated rings. The summed E-state index contributed by atoms with van der Waals surface area (Å²) in [7, 11) is 0. The SMILES string of the molecule is Nc1ccc(N)c(-c2c(Cc3ccccc3)csc2CN2CCNCC2)c1. The lowest BCUT2D eigenvalue weighted by Gasteiger charge is -2.27. The molecule has 0 amide bonds. The zero-order chi connectivity index (χ0) is 18.6. The summed E-state index contributed by atoms with van der Waals surface area (Å²) in [6.45, 7) is 5.23. The van der Waals surface area contributed by atoms with E-state index in [1.807, 2.05) is 29.5 Å². The molecule has 5 N–H and O–H groups in total. The summed E-state index contributed by atoms with van der Waals surface area (Å²) in [5.74, 6) is 0. The van der Waals surface area contributed by atoms with E-state index in [0.717, 1.165) is 56.1 Å². The lowest BCUT2D eigenvalue weighted by atomic mass is 9.95. The van der Waals surface area contributed by atoms with Gasteiger partial charge in [0.05, 0.1) is 0 Å². The largest absolute Gasteiger partial charge is 0.399 e. The molecule has 0 atom stereocenters. The highest BCUT2D eigenvalue weighted by molar-refractivity contribution is 7.10. The van der Waals surface area contributed by atoms with Crippen molar-refractivity contribution in [3.8, 4) is 11.1 Å². The van der Waals surface area contributed by atoms with Crippen LogP contribution in [0.3, 0.4) is 0 Å². The Hall–Kier alpha value is -2.34. The summed E-state index contributed by atoms with van der Waals surface area (Å²) in [6, 6.07) is 16.4. The highest BCUT2D eigenvalue weighted by atomic mass is 32.1. The molecular weight excluding hydrogens is 352 g/mol. The molecule has 1 aromatic heterocycles. The Morgan fingerprint density at radius 1 is 1.00 bits per heavy atom. The molecule has 0 saturated carbocycles. The molecule has 4 rings (SSSR count). The molecule has 5 heteroatoms. The van der Waals surface area contributed by atoms with Gasteiger partial charge in [-0.2, -0.15) is 0 Å². The maximum Gasteiger partial charge on any atom is 0.0395 e. The van der Waals surface area contributed by atoms with E-state index in [-0.39, 0.29) is 0 Å². The molecule has 1 aliphatic rings. The molecule has 1 aliphatic heterocycles. The zero-order valence-electron chi connectivity index (χ0n) is 15.4. The predicted octanol–water partition coefficient (Wildman–Crippen LogP) is 3.58. The van der Waals surface area contributed by atoms with E-state index in [2.05, 4.69) is 45.9 Å². The van der Waals surface area contributed by atoms with Crippen LogP contribution in [-0.4, -0.2) is 31.1 Å². The van der Waals surface area contributed by atoms with Crippen LogP contribution in [0.2, 0.25) is 0 Å². The van der Waals surface area contributed by atoms with E-state index in [1.165, 1.54) is 21.6 Å². The van der Waals surface area contributed by atoms with Gasteiger partial charge < -0.3 is 16.8 Å². The Morgan fingerprint density at radius 3 is 2.56 bits per heavy atom. The maximum absolute atomic E-state index is 6.37. The molecule has 0 aliphatic carbocycles. The monoisotopic (exact) mass is 378 g/mol. The lowest BCUT2D eigenvalue weighted by molar-refractivity contribution is 0.235. The van der Waals surface area contributed by atoms with Crippen LogP contribution in [0.4, 0.5) is 11.4 Å². The first-order chi connectivity index (χ1) is 13.2. The van der Waals surface area contributed by atoms with Gasteiger partial charge in [-0.15, -0.1) is 11.3 Å². The number of anilines is 2. The van der Waals surface area contributed by atoms with Gasteiger partial charge in [0.25, 0.3) is 0 Å². The predicted molar refractivity (Wildman–Crippen MR) is 116 cm³/mol. The Balaban J connectivity index is 1.73. The molecular formula is C22H26N4S. The number of rotatable bonds is 5. The Kier molecular flexibility index (Phi) is 5.43. The van der Waals surface area contributed by atoms with E-state index in [9.17, 15) is 0 Å². The summed E-state index contributed by atoms with van der Waals surface area (Å²) < 4.78 is 0. The van der Waals surface area contributed by atoms with Gasteiger partial charge in [-0.3, -0.25) is 4.90 Å². The molecule has 2 aromatic carbocycles. The van der Waals surface area contributed by atoms with Gasteiger partial charge in [0, 0.05) is 60.1 Å². The first kappa shape index (κ1) is 18.0. The quantitative estimate of drug-likeness (QED) is 0.594. The van der Waals surface area contributed by atoms with Gasteiger partial charge in [0.1, 0.15) is 0 Å². The maximum atomic E-state index is 6.37. The van der Waals surface area contributed by atoms with Crippen molar-refractivity contribution in [3.05, 3.63) is 69.9 Å². The van der Waals surface area contributed by atoms with Gasteiger partial charge in [0.15, 0.2) is 0 Å². The second-order valence-electron chi connectivity index (χ2n) is 7.09. The number of piperazine rings is 1. The number of nitrogen functional groups attached to an aromatic ring is 2. The van der Waals surface area contributed by atoms with Crippen molar-refractivity contribution in [3.63, 3.8) is 0 Å². The van der Waals surface area contributed by atoms with Crippen molar-refractivity contribution in [2.75, 3.05) is 37.6 Å².